The number of aryl methyl sites for hydroxylation is 1. The van der Waals surface area contributed by atoms with Gasteiger partial charge in [0.1, 0.15) is 5.54 Å². The Morgan fingerprint density at radius 2 is 2.26 bits per heavy atom. The highest BCUT2D eigenvalue weighted by Crippen LogP contribution is 2.38. The standard InChI is InChI=1S/C14H20N4S/c1-11-8-17-13(18-9-11)19-7-5-12-4-3-6-14(12,10-15)16-2/h8-9,12,16H,3-7H2,1-2H3. The first-order chi connectivity index (χ1) is 9.20. The molecule has 0 saturated heterocycles. The fourth-order valence-corrected chi connectivity index (χ4v) is 3.59. The lowest BCUT2D eigenvalue weighted by Gasteiger charge is -2.27. The number of thioether (sulfide) groups is 1. The van der Waals surface area contributed by atoms with Crippen molar-refractivity contribution < 1.29 is 0 Å². The van der Waals surface area contributed by atoms with E-state index in [1.54, 1.807) is 11.8 Å². The Labute approximate surface area is 119 Å². The van der Waals surface area contributed by atoms with Crippen LogP contribution >= 0.6 is 11.8 Å². The van der Waals surface area contributed by atoms with Gasteiger partial charge >= 0.3 is 0 Å². The topological polar surface area (TPSA) is 61.6 Å². The monoisotopic (exact) mass is 276 g/mol. The number of rotatable bonds is 5. The average molecular weight is 276 g/mol. The van der Waals surface area contributed by atoms with Crippen molar-refractivity contribution in [2.45, 2.75) is 43.3 Å². The normalized spacial score (nSPS) is 26.3. The number of nitrogens with zero attached hydrogens (tertiary/aromatic N) is 3. The van der Waals surface area contributed by atoms with Gasteiger partial charge < -0.3 is 5.32 Å². The molecule has 4 nitrogen and oxygen atoms in total. The molecule has 0 aromatic carbocycles. The summed E-state index contributed by atoms with van der Waals surface area (Å²) in [6, 6.07) is 2.48. The average Bonchev–Trinajstić information content (AvgIpc) is 2.84. The van der Waals surface area contributed by atoms with Crippen LogP contribution in [0.3, 0.4) is 0 Å². The van der Waals surface area contributed by atoms with Crippen LogP contribution in [-0.2, 0) is 0 Å². The van der Waals surface area contributed by atoms with E-state index in [2.05, 4.69) is 21.4 Å². The van der Waals surface area contributed by atoms with Gasteiger partial charge in [0.2, 0.25) is 0 Å². The van der Waals surface area contributed by atoms with Crippen LogP contribution < -0.4 is 5.32 Å². The highest BCUT2D eigenvalue weighted by Gasteiger charge is 2.41. The maximum atomic E-state index is 9.39. The van der Waals surface area contributed by atoms with Crippen molar-refractivity contribution in [2.24, 2.45) is 5.92 Å². The Morgan fingerprint density at radius 1 is 1.53 bits per heavy atom. The van der Waals surface area contributed by atoms with Crippen molar-refractivity contribution in [1.82, 2.24) is 15.3 Å². The fraction of sp³-hybridized carbons (Fsp3) is 0.643. The van der Waals surface area contributed by atoms with Gasteiger partial charge in [0.15, 0.2) is 5.16 Å². The zero-order chi connectivity index (χ0) is 13.7. The van der Waals surface area contributed by atoms with Crippen LogP contribution in [0.5, 0.6) is 0 Å². The lowest BCUT2D eigenvalue weighted by molar-refractivity contribution is 0.332. The highest BCUT2D eigenvalue weighted by molar-refractivity contribution is 7.99. The smallest absolute Gasteiger partial charge is 0.187 e. The van der Waals surface area contributed by atoms with Crippen molar-refractivity contribution in [3.05, 3.63) is 18.0 Å². The molecular weight excluding hydrogens is 256 g/mol. The molecule has 0 radical (unpaired) electrons. The summed E-state index contributed by atoms with van der Waals surface area (Å²) in [7, 11) is 1.90. The summed E-state index contributed by atoms with van der Waals surface area (Å²) in [4.78, 5) is 8.58. The summed E-state index contributed by atoms with van der Waals surface area (Å²) < 4.78 is 0. The van der Waals surface area contributed by atoms with Crippen LogP contribution in [0.1, 0.15) is 31.2 Å². The number of aromatic nitrogens is 2. The lowest BCUT2D eigenvalue weighted by Crippen LogP contribution is -2.44. The summed E-state index contributed by atoms with van der Waals surface area (Å²) in [5.41, 5.74) is 0.771. The number of hydrogen-bond acceptors (Lipinski definition) is 5. The SMILES string of the molecule is CNC1(C#N)CCCC1CCSc1ncc(C)cn1. The molecule has 102 valence electrons. The summed E-state index contributed by atoms with van der Waals surface area (Å²) in [5, 5.41) is 13.5. The Bertz CT molecular complexity index is 454. The van der Waals surface area contributed by atoms with Crippen LogP contribution in [0.25, 0.3) is 0 Å². The summed E-state index contributed by atoms with van der Waals surface area (Å²) >= 11 is 1.68. The summed E-state index contributed by atoms with van der Waals surface area (Å²) in [5.74, 6) is 1.42. The maximum Gasteiger partial charge on any atom is 0.187 e. The molecule has 1 aromatic rings. The molecule has 19 heavy (non-hydrogen) atoms. The third-order valence-corrected chi connectivity index (χ3v) is 4.83. The molecule has 2 rings (SSSR count). The zero-order valence-corrected chi connectivity index (χ0v) is 12.3. The quantitative estimate of drug-likeness (QED) is 0.661. The molecule has 5 heteroatoms. The first-order valence-electron chi connectivity index (χ1n) is 6.72. The van der Waals surface area contributed by atoms with Crippen LogP contribution in [0, 0.1) is 24.2 Å². The number of hydrogen-bond donors (Lipinski definition) is 1. The maximum absolute atomic E-state index is 9.39. The van der Waals surface area contributed by atoms with E-state index in [4.69, 9.17) is 0 Å². The van der Waals surface area contributed by atoms with E-state index in [1.165, 1.54) is 0 Å². The van der Waals surface area contributed by atoms with Crippen LogP contribution in [0.2, 0.25) is 0 Å². The van der Waals surface area contributed by atoms with Crippen molar-refractivity contribution in [3.63, 3.8) is 0 Å². The molecular formula is C14H20N4S. The number of nitrogens with one attached hydrogen (secondary N) is 1. The van der Waals surface area contributed by atoms with Crippen molar-refractivity contribution >= 4 is 11.8 Å². The van der Waals surface area contributed by atoms with E-state index in [0.717, 1.165) is 42.2 Å². The third-order valence-electron chi connectivity index (χ3n) is 3.92. The second-order valence-corrected chi connectivity index (χ2v) is 6.16. The molecule has 0 amide bonds. The summed E-state index contributed by atoms with van der Waals surface area (Å²) in [6.07, 6.45) is 7.98. The van der Waals surface area contributed by atoms with Gasteiger partial charge in [-0.1, -0.05) is 18.2 Å². The predicted octanol–water partition coefficient (Wildman–Crippen LogP) is 2.55. The van der Waals surface area contributed by atoms with Gasteiger partial charge in [0, 0.05) is 18.1 Å². The summed E-state index contributed by atoms with van der Waals surface area (Å²) in [6.45, 7) is 1.99. The van der Waals surface area contributed by atoms with Crippen LogP contribution in [0.15, 0.2) is 17.6 Å². The Morgan fingerprint density at radius 3 is 2.89 bits per heavy atom. The molecule has 1 aliphatic carbocycles. The number of nitriles is 1. The highest BCUT2D eigenvalue weighted by atomic mass is 32.2. The van der Waals surface area contributed by atoms with E-state index in [9.17, 15) is 5.26 Å². The van der Waals surface area contributed by atoms with E-state index in [0.29, 0.717) is 5.92 Å². The molecule has 1 heterocycles. The molecule has 1 aromatic heterocycles. The van der Waals surface area contributed by atoms with Gasteiger partial charge in [-0.15, -0.1) is 0 Å². The second-order valence-electron chi connectivity index (χ2n) is 5.10. The Hall–Kier alpha value is -1.12. The van der Waals surface area contributed by atoms with Crippen molar-refractivity contribution in [2.75, 3.05) is 12.8 Å². The second kappa shape index (κ2) is 6.36. The van der Waals surface area contributed by atoms with Crippen molar-refractivity contribution in [3.8, 4) is 6.07 Å². The molecule has 2 atom stereocenters. The molecule has 0 spiro atoms. The van der Waals surface area contributed by atoms with E-state index >= 15 is 0 Å². The van der Waals surface area contributed by atoms with Gasteiger partial charge in [-0.2, -0.15) is 5.26 Å². The van der Waals surface area contributed by atoms with Gasteiger partial charge in [-0.3, -0.25) is 0 Å². The van der Waals surface area contributed by atoms with E-state index in [-0.39, 0.29) is 5.54 Å². The molecule has 1 fully saturated rings. The minimum atomic E-state index is -0.311. The van der Waals surface area contributed by atoms with Gasteiger partial charge in [-0.25, -0.2) is 9.97 Å². The van der Waals surface area contributed by atoms with Crippen LogP contribution in [-0.4, -0.2) is 28.3 Å². The largest absolute Gasteiger partial charge is 0.302 e. The van der Waals surface area contributed by atoms with E-state index in [1.807, 2.05) is 26.4 Å². The Kier molecular flexibility index (Phi) is 4.78. The lowest BCUT2D eigenvalue weighted by atomic mass is 9.87. The third kappa shape index (κ3) is 3.26. The van der Waals surface area contributed by atoms with Crippen molar-refractivity contribution in [1.29, 1.82) is 5.26 Å². The zero-order valence-electron chi connectivity index (χ0n) is 11.5. The molecule has 1 saturated carbocycles. The molecule has 0 bridgehead atoms. The minimum Gasteiger partial charge on any atom is -0.302 e. The van der Waals surface area contributed by atoms with E-state index < -0.39 is 0 Å². The first-order valence-corrected chi connectivity index (χ1v) is 7.70. The molecule has 1 aliphatic rings. The Balaban J connectivity index is 1.86. The molecule has 1 N–H and O–H groups in total. The first kappa shape index (κ1) is 14.3. The van der Waals surface area contributed by atoms with Gasteiger partial charge in [0.25, 0.3) is 0 Å². The fourth-order valence-electron chi connectivity index (χ4n) is 2.75. The van der Waals surface area contributed by atoms with Gasteiger partial charge in [0.05, 0.1) is 6.07 Å². The molecule has 0 aliphatic heterocycles. The van der Waals surface area contributed by atoms with Gasteiger partial charge in [-0.05, 0) is 44.7 Å². The minimum absolute atomic E-state index is 0.311. The molecule has 2 unspecified atom stereocenters. The predicted molar refractivity (Wildman–Crippen MR) is 76.9 cm³/mol. The van der Waals surface area contributed by atoms with Crippen LogP contribution in [0.4, 0.5) is 0 Å².